The second-order valence-corrected chi connectivity index (χ2v) is 7.61. The summed E-state index contributed by atoms with van der Waals surface area (Å²) in [5, 5.41) is 3.00. The van der Waals surface area contributed by atoms with Crippen LogP contribution in [0.4, 0.5) is 0 Å². The van der Waals surface area contributed by atoms with Crippen LogP contribution in [0.25, 0.3) is 0 Å². The highest BCUT2D eigenvalue weighted by molar-refractivity contribution is 5.76. The summed E-state index contributed by atoms with van der Waals surface area (Å²) < 4.78 is 16.1. The summed E-state index contributed by atoms with van der Waals surface area (Å²) in [6.07, 6.45) is 3.60. The summed E-state index contributed by atoms with van der Waals surface area (Å²) in [4.78, 5) is 14.8. The second-order valence-electron chi connectivity index (χ2n) is 7.61. The Morgan fingerprint density at radius 2 is 1.50 bits per heavy atom. The molecule has 0 bridgehead atoms. The maximum absolute atomic E-state index is 12.3. The monoisotopic (exact) mass is 412 g/mol. The van der Waals surface area contributed by atoms with Crippen molar-refractivity contribution in [3.8, 4) is 17.2 Å². The van der Waals surface area contributed by atoms with E-state index >= 15 is 0 Å². The first-order valence-corrected chi connectivity index (χ1v) is 10.5. The van der Waals surface area contributed by atoms with Crippen LogP contribution in [0.2, 0.25) is 0 Å². The fourth-order valence-electron chi connectivity index (χ4n) is 3.79. The number of carbonyl (C=O) groups is 1. The Morgan fingerprint density at radius 3 is 2.07 bits per heavy atom. The van der Waals surface area contributed by atoms with Crippen LogP contribution in [0.1, 0.15) is 36.0 Å². The molecule has 1 fully saturated rings. The van der Waals surface area contributed by atoms with Gasteiger partial charge in [0, 0.05) is 19.5 Å². The van der Waals surface area contributed by atoms with E-state index in [9.17, 15) is 4.79 Å². The van der Waals surface area contributed by atoms with Crippen molar-refractivity contribution in [1.82, 2.24) is 10.2 Å². The van der Waals surface area contributed by atoms with Gasteiger partial charge in [-0.15, -0.1) is 0 Å². The van der Waals surface area contributed by atoms with Gasteiger partial charge in [-0.1, -0.05) is 24.3 Å². The van der Waals surface area contributed by atoms with Crippen molar-refractivity contribution in [1.29, 1.82) is 0 Å². The van der Waals surface area contributed by atoms with Gasteiger partial charge in [0.25, 0.3) is 0 Å². The molecule has 0 atom stereocenters. The summed E-state index contributed by atoms with van der Waals surface area (Å²) in [6, 6.07) is 12.3. The van der Waals surface area contributed by atoms with Gasteiger partial charge in [0.1, 0.15) is 0 Å². The van der Waals surface area contributed by atoms with Gasteiger partial charge in [0.2, 0.25) is 11.7 Å². The predicted octanol–water partition coefficient (Wildman–Crippen LogP) is 3.56. The molecule has 1 N–H and O–H groups in total. The number of likely N-dealkylation sites (tertiary alicyclic amines) is 1. The molecule has 1 amide bonds. The molecule has 2 aromatic carbocycles. The maximum atomic E-state index is 12.3. The normalized spacial score (nSPS) is 13.8. The lowest BCUT2D eigenvalue weighted by molar-refractivity contribution is -0.121. The van der Waals surface area contributed by atoms with Crippen LogP contribution in [0.15, 0.2) is 36.4 Å². The quantitative estimate of drug-likeness (QED) is 0.647. The second kappa shape index (κ2) is 10.9. The third kappa shape index (κ3) is 5.89. The SMILES string of the molecule is COc1cc(CCC(=O)NCc2ccc(CN3CCCC3)cc2)cc(OC)c1OC. The largest absolute Gasteiger partial charge is 0.493 e. The van der Waals surface area contributed by atoms with Crippen LogP contribution >= 0.6 is 0 Å². The molecule has 1 saturated heterocycles. The minimum Gasteiger partial charge on any atom is -0.493 e. The summed E-state index contributed by atoms with van der Waals surface area (Å²) >= 11 is 0. The number of amides is 1. The Bertz CT molecular complexity index is 805. The third-order valence-corrected chi connectivity index (χ3v) is 5.48. The standard InChI is InChI=1S/C24H32N2O4/c1-28-21-14-20(15-22(29-2)24(21)30-3)10-11-23(27)25-16-18-6-8-19(9-7-18)17-26-12-4-5-13-26/h6-9,14-15H,4-5,10-13,16-17H2,1-3H3,(H,25,27). The minimum atomic E-state index is 0.0184. The minimum absolute atomic E-state index is 0.0184. The topological polar surface area (TPSA) is 60.0 Å². The Morgan fingerprint density at radius 1 is 0.900 bits per heavy atom. The Balaban J connectivity index is 1.48. The number of methoxy groups -OCH3 is 3. The Kier molecular flexibility index (Phi) is 7.97. The van der Waals surface area contributed by atoms with E-state index in [0.29, 0.717) is 36.6 Å². The molecule has 0 spiro atoms. The predicted molar refractivity (Wildman–Crippen MR) is 117 cm³/mol. The van der Waals surface area contributed by atoms with Crippen LogP contribution < -0.4 is 19.5 Å². The smallest absolute Gasteiger partial charge is 0.220 e. The van der Waals surface area contributed by atoms with Gasteiger partial charge in [-0.2, -0.15) is 0 Å². The zero-order valence-corrected chi connectivity index (χ0v) is 18.2. The van der Waals surface area contributed by atoms with E-state index in [2.05, 4.69) is 34.5 Å². The van der Waals surface area contributed by atoms with Crippen molar-refractivity contribution < 1.29 is 19.0 Å². The molecule has 1 heterocycles. The molecule has 162 valence electrons. The zero-order chi connectivity index (χ0) is 21.3. The zero-order valence-electron chi connectivity index (χ0n) is 18.2. The van der Waals surface area contributed by atoms with E-state index in [4.69, 9.17) is 14.2 Å². The van der Waals surface area contributed by atoms with Gasteiger partial charge in [-0.3, -0.25) is 9.69 Å². The lowest BCUT2D eigenvalue weighted by Crippen LogP contribution is -2.23. The van der Waals surface area contributed by atoms with Crippen molar-refractivity contribution in [2.24, 2.45) is 0 Å². The molecule has 2 aromatic rings. The van der Waals surface area contributed by atoms with Gasteiger partial charge < -0.3 is 19.5 Å². The molecular formula is C24H32N2O4. The lowest BCUT2D eigenvalue weighted by atomic mass is 10.1. The first kappa shape index (κ1) is 22.0. The molecule has 6 heteroatoms. The van der Waals surface area contributed by atoms with E-state index in [1.54, 1.807) is 21.3 Å². The summed E-state index contributed by atoms with van der Waals surface area (Å²) in [6.45, 7) is 3.95. The molecule has 30 heavy (non-hydrogen) atoms. The van der Waals surface area contributed by atoms with Gasteiger partial charge in [0.15, 0.2) is 11.5 Å². The molecule has 0 saturated carbocycles. The molecule has 1 aliphatic rings. The Hall–Kier alpha value is -2.73. The average molecular weight is 413 g/mol. The van der Waals surface area contributed by atoms with Crippen LogP contribution in [0.5, 0.6) is 17.2 Å². The third-order valence-electron chi connectivity index (χ3n) is 5.48. The lowest BCUT2D eigenvalue weighted by Gasteiger charge is -2.15. The number of hydrogen-bond acceptors (Lipinski definition) is 5. The van der Waals surface area contributed by atoms with E-state index in [1.807, 2.05) is 12.1 Å². The fourth-order valence-corrected chi connectivity index (χ4v) is 3.79. The number of nitrogens with zero attached hydrogens (tertiary/aromatic N) is 1. The van der Waals surface area contributed by atoms with Gasteiger partial charge in [-0.25, -0.2) is 0 Å². The number of benzene rings is 2. The number of nitrogens with one attached hydrogen (secondary N) is 1. The average Bonchev–Trinajstić information content (AvgIpc) is 3.29. The van der Waals surface area contributed by atoms with Crippen LogP contribution in [0, 0.1) is 0 Å². The van der Waals surface area contributed by atoms with E-state index < -0.39 is 0 Å². The number of hydrogen-bond donors (Lipinski definition) is 1. The van der Waals surface area contributed by atoms with Crippen molar-refractivity contribution in [2.45, 2.75) is 38.8 Å². The maximum Gasteiger partial charge on any atom is 0.220 e. The van der Waals surface area contributed by atoms with Gasteiger partial charge in [0.05, 0.1) is 21.3 Å². The van der Waals surface area contributed by atoms with E-state index in [0.717, 1.165) is 17.7 Å². The first-order chi connectivity index (χ1) is 14.6. The molecule has 3 rings (SSSR count). The Labute approximate surface area is 179 Å². The molecule has 6 nitrogen and oxygen atoms in total. The molecule has 0 unspecified atom stereocenters. The molecule has 0 aromatic heterocycles. The van der Waals surface area contributed by atoms with Crippen LogP contribution in [-0.2, 0) is 24.3 Å². The summed E-state index contributed by atoms with van der Waals surface area (Å²) in [5.74, 6) is 1.77. The van der Waals surface area contributed by atoms with Crippen molar-refractivity contribution in [2.75, 3.05) is 34.4 Å². The van der Waals surface area contributed by atoms with Gasteiger partial charge in [-0.05, 0) is 61.2 Å². The number of rotatable bonds is 10. The van der Waals surface area contributed by atoms with Crippen LogP contribution in [-0.4, -0.2) is 45.2 Å². The fraction of sp³-hybridized carbons (Fsp3) is 0.458. The van der Waals surface area contributed by atoms with Crippen LogP contribution in [0.3, 0.4) is 0 Å². The molecular weight excluding hydrogens is 380 g/mol. The highest BCUT2D eigenvalue weighted by Crippen LogP contribution is 2.38. The first-order valence-electron chi connectivity index (χ1n) is 10.5. The van der Waals surface area contributed by atoms with Crippen molar-refractivity contribution in [3.05, 3.63) is 53.1 Å². The van der Waals surface area contributed by atoms with Crippen molar-refractivity contribution in [3.63, 3.8) is 0 Å². The highest BCUT2D eigenvalue weighted by atomic mass is 16.5. The summed E-state index contributed by atoms with van der Waals surface area (Å²) in [5.41, 5.74) is 3.40. The summed E-state index contributed by atoms with van der Waals surface area (Å²) in [7, 11) is 4.75. The highest BCUT2D eigenvalue weighted by Gasteiger charge is 2.14. The number of carbonyl (C=O) groups excluding carboxylic acids is 1. The molecule has 0 radical (unpaired) electrons. The number of aryl methyl sites for hydroxylation is 1. The van der Waals surface area contributed by atoms with E-state index in [-0.39, 0.29) is 5.91 Å². The van der Waals surface area contributed by atoms with Crippen molar-refractivity contribution >= 4 is 5.91 Å². The van der Waals surface area contributed by atoms with E-state index in [1.165, 1.54) is 31.5 Å². The molecule has 1 aliphatic heterocycles. The molecule has 0 aliphatic carbocycles. The van der Waals surface area contributed by atoms with Gasteiger partial charge >= 0.3 is 0 Å². The number of ether oxygens (including phenoxy) is 3.